The van der Waals surface area contributed by atoms with Crippen LogP contribution in [0.1, 0.15) is 68.6 Å². The predicted octanol–water partition coefficient (Wildman–Crippen LogP) is 4.41. The largest absolute Gasteiger partial charge is 0.492 e. The van der Waals surface area contributed by atoms with Gasteiger partial charge in [0.1, 0.15) is 5.75 Å². The van der Waals surface area contributed by atoms with E-state index in [9.17, 15) is 4.79 Å². The van der Waals surface area contributed by atoms with Gasteiger partial charge in [0.05, 0.1) is 12.8 Å². The maximum Gasteiger partial charge on any atom is 0.164 e. The molecule has 1 saturated carbocycles. The zero-order valence-corrected chi connectivity index (χ0v) is 12.4. The maximum atomic E-state index is 12.2. The molecule has 20 heavy (non-hydrogen) atoms. The second-order valence-corrected chi connectivity index (χ2v) is 5.72. The van der Waals surface area contributed by atoms with E-state index in [2.05, 4.69) is 11.9 Å². The Morgan fingerprint density at radius 2 is 2.10 bits per heavy atom. The van der Waals surface area contributed by atoms with Crippen molar-refractivity contribution in [2.24, 2.45) is 5.92 Å². The fourth-order valence-corrected chi connectivity index (χ4v) is 2.83. The summed E-state index contributed by atoms with van der Waals surface area (Å²) in [5.41, 5.74) is 0.689. The fraction of sp³-hybridized carbons (Fsp3) is 0.647. The Hall–Kier alpha value is -1.38. The Bertz CT molecular complexity index is 425. The summed E-state index contributed by atoms with van der Waals surface area (Å²) in [5.74, 6) is 1.65. The summed E-state index contributed by atoms with van der Waals surface area (Å²) < 4.78 is 5.53. The number of hydrogen-bond donors (Lipinski definition) is 0. The lowest BCUT2D eigenvalue weighted by atomic mass is 9.85. The van der Waals surface area contributed by atoms with Crippen molar-refractivity contribution in [1.82, 2.24) is 4.98 Å². The molecule has 0 aliphatic heterocycles. The van der Waals surface area contributed by atoms with E-state index >= 15 is 0 Å². The topological polar surface area (TPSA) is 39.2 Å². The van der Waals surface area contributed by atoms with Crippen molar-refractivity contribution in [1.29, 1.82) is 0 Å². The maximum absolute atomic E-state index is 12.2. The fourth-order valence-electron chi connectivity index (χ4n) is 2.83. The lowest BCUT2D eigenvalue weighted by molar-refractivity contribution is 0.0969. The molecule has 3 heteroatoms. The first-order valence-corrected chi connectivity index (χ1v) is 7.90. The van der Waals surface area contributed by atoms with Crippen molar-refractivity contribution < 1.29 is 9.53 Å². The van der Waals surface area contributed by atoms with Crippen LogP contribution in [0.2, 0.25) is 0 Å². The molecule has 0 unspecified atom stereocenters. The van der Waals surface area contributed by atoms with Crippen LogP contribution in [0.15, 0.2) is 18.5 Å². The van der Waals surface area contributed by atoms with Gasteiger partial charge < -0.3 is 4.74 Å². The molecule has 1 aliphatic rings. The van der Waals surface area contributed by atoms with Gasteiger partial charge in [-0.05, 0) is 24.8 Å². The van der Waals surface area contributed by atoms with Gasteiger partial charge in [-0.3, -0.25) is 9.78 Å². The van der Waals surface area contributed by atoms with Gasteiger partial charge in [0, 0.05) is 18.2 Å². The summed E-state index contributed by atoms with van der Waals surface area (Å²) in [7, 11) is 0. The molecule has 110 valence electrons. The highest BCUT2D eigenvalue weighted by Gasteiger charge is 2.16. The molecule has 0 atom stereocenters. The molecule has 0 saturated heterocycles. The summed E-state index contributed by atoms with van der Waals surface area (Å²) >= 11 is 0. The van der Waals surface area contributed by atoms with Crippen LogP contribution in [0.3, 0.4) is 0 Å². The van der Waals surface area contributed by atoms with E-state index in [1.54, 1.807) is 12.4 Å². The first kappa shape index (κ1) is 15.0. The first-order valence-electron chi connectivity index (χ1n) is 7.90. The normalized spacial score (nSPS) is 16.1. The van der Waals surface area contributed by atoms with Crippen LogP contribution in [-0.4, -0.2) is 17.4 Å². The average Bonchev–Trinajstić information content (AvgIpc) is 2.52. The summed E-state index contributed by atoms with van der Waals surface area (Å²) in [6, 6.07) is 1.83. The lowest BCUT2D eigenvalue weighted by Gasteiger charge is -2.20. The number of nitrogens with zero attached hydrogens (tertiary/aromatic N) is 1. The van der Waals surface area contributed by atoms with Crippen LogP contribution in [-0.2, 0) is 0 Å². The van der Waals surface area contributed by atoms with Crippen LogP contribution in [0.5, 0.6) is 5.75 Å². The Morgan fingerprint density at radius 1 is 1.30 bits per heavy atom. The van der Waals surface area contributed by atoms with Gasteiger partial charge in [0.15, 0.2) is 5.78 Å². The second kappa shape index (κ2) is 8.03. The molecular formula is C17H25NO2. The molecule has 1 aromatic rings. The molecule has 0 aromatic carbocycles. The van der Waals surface area contributed by atoms with Gasteiger partial charge in [-0.15, -0.1) is 0 Å². The third-order valence-corrected chi connectivity index (χ3v) is 4.01. The summed E-state index contributed by atoms with van der Waals surface area (Å²) in [6.45, 7) is 2.73. The molecule has 0 amide bonds. The quantitative estimate of drug-likeness (QED) is 0.692. The van der Waals surface area contributed by atoms with Crippen LogP contribution >= 0.6 is 0 Å². The van der Waals surface area contributed by atoms with E-state index in [4.69, 9.17) is 4.74 Å². The molecule has 2 rings (SSSR count). The summed E-state index contributed by atoms with van der Waals surface area (Å²) in [5, 5.41) is 0. The highest BCUT2D eigenvalue weighted by atomic mass is 16.5. The van der Waals surface area contributed by atoms with Crippen molar-refractivity contribution >= 4 is 5.78 Å². The van der Waals surface area contributed by atoms with Crippen molar-refractivity contribution in [3.05, 3.63) is 24.0 Å². The van der Waals surface area contributed by atoms with Crippen LogP contribution in [0, 0.1) is 5.92 Å². The minimum Gasteiger partial charge on any atom is -0.492 e. The van der Waals surface area contributed by atoms with Gasteiger partial charge in [-0.1, -0.05) is 39.0 Å². The summed E-state index contributed by atoms with van der Waals surface area (Å²) in [4.78, 5) is 16.3. The number of ether oxygens (including phenoxy) is 1. The van der Waals surface area contributed by atoms with E-state index < -0.39 is 0 Å². The van der Waals surface area contributed by atoms with E-state index in [1.165, 1.54) is 32.1 Å². The van der Waals surface area contributed by atoms with Crippen LogP contribution < -0.4 is 4.74 Å². The molecule has 0 radical (unpaired) electrons. The number of ketones is 1. The number of hydrogen-bond acceptors (Lipinski definition) is 3. The Labute approximate surface area is 121 Å². The SMILES string of the molecule is CCCOc1cncc(C(=O)CCC2CCCCC2)c1. The standard InChI is InChI=1S/C17H25NO2/c1-2-10-20-16-11-15(12-18-13-16)17(19)9-8-14-6-4-3-5-7-14/h11-14H,2-10H2,1H3. The molecule has 1 aliphatic carbocycles. The molecule has 0 bridgehead atoms. The van der Waals surface area contributed by atoms with Gasteiger partial charge in [0.25, 0.3) is 0 Å². The first-order chi connectivity index (χ1) is 9.79. The molecule has 1 aromatic heterocycles. The molecule has 3 nitrogen and oxygen atoms in total. The van der Waals surface area contributed by atoms with Crippen LogP contribution in [0.4, 0.5) is 0 Å². The number of rotatable bonds is 7. The Balaban J connectivity index is 1.84. The average molecular weight is 275 g/mol. The minimum atomic E-state index is 0.199. The van der Waals surface area contributed by atoms with E-state index in [-0.39, 0.29) is 5.78 Å². The van der Waals surface area contributed by atoms with Crippen molar-refractivity contribution in [2.45, 2.75) is 58.3 Å². The number of carbonyl (C=O) groups is 1. The number of pyridine rings is 1. The third kappa shape index (κ3) is 4.62. The summed E-state index contributed by atoms with van der Waals surface area (Å²) in [6.07, 6.45) is 12.6. The molecule has 0 spiro atoms. The van der Waals surface area contributed by atoms with Gasteiger partial charge >= 0.3 is 0 Å². The third-order valence-electron chi connectivity index (χ3n) is 4.01. The number of aromatic nitrogens is 1. The van der Waals surface area contributed by atoms with Gasteiger partial charge in [0.2, 0.25) is 0 Å². The number of Topliss-reactive ketones (excluding diaryl/α,β-unsaturated/α-hetero) is 1. The number of carbonyl (C=O) groups excluding carboxylic acids is 1. The zero-order chi connectivity index (χ0) is 14.2. The monoisotopic (exact) mass is 275 g/mol. The Morgan fingerprint density at radius 3 is 2.85 bits per heavy atom. The highest BCUT2D eigenvalue weighted by Crippen LogP contribution is 2.28. The van der Waals surface area contributed by atoms with E-state index in [0.717, 1.165) is 18.8 Å². The predicted molar refractivity (Wildman–Crippen MR) is 80.2 cm³/mol. The van der Waals surface area contributed by atoms with Crippen molar-refractivity contribution in [3.63, 3.8) is 0 Å². The Kier molecular flexibility index (Phi) is 6.03. The molecular weight excluding hydrogens is 250 g/mol. The van der Waals surface area contributed by atoms with Crippen molar-refractivity contribution in [2.75, 3.05) is 6.61 Å². The van der Waals surface area contributed by atoms with Crippen LogP contribution in [0.25, 0.3) is 0 Å². The van der Waals surface area contributed by atoms with Gasteiger partial charge in [-0.25, -0.2) is 0 Å². The molecule has 0 N–H and O–H groups in total. The smallest absolute Gasteiger partial charge is 0.164 e. The zero-order valence-electron chi connectivity index (χ0n) is 12.4. The second-order valence-electron chi connectivity index (χ2n) is 5.72. The molecule has 1 fully saturated rings. The molecule has 1 heterocycles. The van der Waals surface area contributed by atoms with Crippen molar-refractivity contribution in [3.8, 4) is 5.75 Å². The minimum absolute atomic E-state index is 0.199. The lowest BCUT2D eigenvalue weighted by Crippen LogP contribution is -2.09. The van der Waals surface area contributed by atoms with E-state index in [0.29, 0.717) is 24.3 Å². The highest BCUT2D eigenvalue weighted by molar-refractivity contribution is 5.96. The van der Waals surface area contributed by atoms with Gasteiger partial charge in [-0.2, -0.15) is 0 Å². The van der Waals surface area contributed by atoms with E-state index in [1.807, 2.05) is 6.07 Å².